The third-order valence-corrected chi connectivity index (χ3v) is 3.74. The third kappa shape index (κ3) is 6.22. The van der Waals surface area contributed by atoms with E-state index in [1.165, 1.54) is 5.56 Å². The SMILES string of the molecule is CN=C(NCc1cc(C(C)C)no1)N(C)Cc1ccc(OC)cc1.I. The van der Waals surface area contributed by atoms with Crippen LogP contribution < -0.4 is 10.1 Å². The molecule has 0 radical (unpaired) electrons. The second-order valence-corrected chi connectivity index (χ2v) is 5.98. The maximum Gasteiger partial charge on any atom is 0.194 e. The van der Waals surface area contributed by atoms with Gasteiger partial charge in [-0.1, -0.05) is 31.1 Å². The Balaban J connectivity index is 0.00000312. The lowest BCUT2D eigenvalue weighted by molar-refractivity contribution is 0.368. The van der Waals surface area contributed by atoms with Crippen molar-refractivity contribution in [2.45, 2.75) is 32.9 Å². The van der Waals surface area contributed by atoms with Gasteiger partial charge in [-0.2, -0.15) is 0 Å². The standard InChI is InChI=1S/C18H26N4O2.HI/c1-13(2)17-10-16(24-21-17)11-20-18(19-3)22(4)12-14-6-8-15(23-5)9-7-14;/h6-10,13H,11-12H2,1-5H3,(H,19,20);1H. The first-order valence-corrected chi connectivity index (χ1v) is 8.03. The van der Waals surface area contributed by atoms with Crippen molar-refractivity contribution >= 4 is 29.9 Å². The average Bonchev–Trinajstić information content (AvgIpc) is 3.05. The number of nitrogens with zero attached hydrogens (tertiary/aromatic N) is 3. The molecule has 2 rings (SSSR count). The first kappa shape index (κ1) is 21.3. The number of benzene rings is 1. The Bertz CT molecular complexity index is 668. The first-order chi connectivity index (χ1) is 11.5. The Morgan fingerprint density at radius 2 is 2.00 bits per heavy atom. The van der Waals surface area contributed by atoms with Crippen LogP contribution in [0.25, 0.3) is 0 Å². The molecule has 0 unspecified atom stereocenters. The minimum Gasteiger partial charge on any atom is -0.497 e. The zero-order valence-electron chi connectivity index (χ0n) is 15.4. The van der Waals surface area contributed by atoms with Gasteiger partial charge in [0.2, 0.25) is 0 Å². The topological polar surface area (TPSA) is 62.9 Å². The van der Waals surface area contributed by atoms with Gasteiger partial charge < -0.3 is 19.5 Å². The van der Waals surface area contributed by atoms with Crippen LogP contribution in [0.3, 0.4) is 0 Å². The zero-order valence-corrected chi connectivity index (χ0v) is 17.8. The molecule has 0 saturated heterocycles. The minimum absolute atomic E-state index is 0. The lowest BCUT2D eigenvalue weighted by atomic mass is 10.1. The Morgan fingerprint density at radius 1 is 1.32 bits per heavy atom. The van der Waals surface area contributed by atoms with Gasteiger partial charge in [-0.05, 0) is 23.6 Å². The molecule has 0 bridgehead atoms. The average molecular weight is 458 g/mol. The molecule has 1 aromatic heterocycles. The summed E-state index contributed by atoms with van der Waals surface area (Å²) in [5, 5.41) is 7.37. The summed E-state index contributed by atoms with van der Waals surface area (Å²) in [6, 6.07) is 10.00. The lowest BCUT2D eigenvalue weighted by Crippen LogP contribution is -2.37. The van der Waals surface area contributed by atoms with Gasteiger partial charge >= 0.3 is 0 Å². The lowest BCUT2D eigenvalue weighted by Gasteiger charge is -2.21. The maximum absolute atomic E-state index is 5.34. The molecule has 7 heteroatoms. The number of halogens is 1. The zero-order chi connectivity index (χ0) is 17.5. The highest BCUT2D eigenvalue weighted by atomic mass is 127. The number of hydrogen-bond acceptors (Lipinski definition) is 4. The summed E-state index contributed by atoms with van der Waals surface area (Å²) < 4.78 is 10.5. The minimum atomic E-state index is 0. The van der Waals surface area contributed by atoms with Crippen LogP contribution in [-0.2, 0) is 13.1 Å². The van der Waals surface area contributed by atoms with E-state index in [2.05, 4.69) is 34.2 Å². The van der Waals surface area contributed by atoms with Crippen molar-refractivity contribution in [1.29, 1.82) is 0 Å². The molecule has 0 atom stereocenters. The highest BCUT2D eigenvalue weighted by Gasteiger charge is 2.10. The normalized spacial score (nSPS) is 11.2. The predicted octanol–water partition coefficient (Wildman–Crippen LogP) is 3.63. The molecule has 0 amide bonds. The van der Waals surface area contributed by atoms with E-state index in [0.717, 1.165) is 29.7 Å². The van der Waals surface area contributed by atoms with Gasteiger partial charge in [0.15, 0.2) is 11.7 Å². The second kappa shape index (κ2) is 10.3. The van der Waals surface area contributed by atoms with Crippen molar-refractivity contribution in [1.82, 2.24) is 15.4 Å². The van der Waals surface area contributed by atoms with E-state index in [4.69, 9.17) is 9.26 Å². The number of aromatic nitrogens is 1. The highest BCUT2D eigenvalue weighted by Crippen LogP contribution is 2.14. The van der Waals surface area contributed by atoms with E-state index in [-0.39, 0.29) is 24.0 Å². The molecule has 2 aromatic rings. The quantitative estimate of drug-likeness (QED) is 0.407. The molecule has 0 fully saturated rings. The molecule has 0 spiro atoms. The number of guanidine groups is 1. The monoisotopic (exact) mass is 458 g/mol. The summed E-state index contributed by atoms with van der Waals surface area (Å²) in [5.74, 6) is 2.82. The van der Waals surface area contributed by atoms with Crippen LogP contribution >= 0.6 is 24.0 Å². The molecule has 1 aromatic carbocycles. The molecule has 1 N–H and O–H groups in total. The Hall–Kier alpha value is -1.77. The van der Waals surface area contributed by atoms with Crippen LogP contribution in [0.1, 0.15) is 36.8 Å². The van der Waals surface area contributed by atoms with Crippen molar-refractivity contribution < 1.29 is 9.26 Å². The maximum atomic E-state index is 5.34. The van der Waals surface area contributed by atoms with Crippen molar-refractivity contribution in [2.24, 2.45) is 4.99 Å². The molecule has 25 heavy (non-hydrogen) atoms. The van der Waals surface area contributed by atoms with Crippen molar-refractivity contribution in [3.63, 3.8) is 0 Å². The predicted molar refractivity (Wildman–Crippen MR) is 111 cm³/mol. The van der Waals surface area contributed by atoms with E-state index in [0.29, 0.717) is 12.5 Å². The van der Waals surface area contributed by atoms with Gasteiger partial charge in [0.1, 0.15) is 5.75 Å². The van der Waals surface area contributed by atoms with Crippen molar-refractivity contribution in [2.75, 3.05) is 21.2 Å². The molecule has 6 nitrogen and oxygen atoms in total. The smallest absolute Gasteiger partial charge is 0.194 e. The molecule has 138 valence electrons. The largest absolute Gasteiger partial charge is 0.497 e. The van der Waals surface area contributed by atoms with Crippen molar-refractivity contribution in [3.8, 4) is 5.75 Å². The van der Waals surface area contributed by atoms with Crippen LogP contribution in [0.5, 0.6) is 5.75 Å². The van der Waals surface area contributed by atoms with Crippen LogP contribution in [0, 0.1) is 0 Å². The van der Waals surface area contributed by atoms with Crippen LogP contribution in [0.4, 0.5) is 0 Å². The van der Waals surface area contributed by atoms with Gasteiger partial charge in [0, 0.05) is 26.7 Å². The van der Waals surface area contributed by atoms with Gasteiger partial charge in [-0.25, -0.2) is 0 Å². The number of rotatable bonds is 6. The van der Waals surface area contributed by atoms with E-state index in [1.54, 1.807) is 14.2 Å². The fraction of sp³-hybridized carbons (Fsp3) is 0.444. The second-order valence-electron chi connectivity index (χ2n) is 5.98. The summed E-state index contributed by atoms with van der Waals surface area (Å²) in [6.45, 7) is 5.49. The van der Waals surface area contributed by atoms with Gasteiger partial charge in [0.05, 0.1) is 19.3 Å². The number of nitrogens with one attached hydrogen (secondary N) is 1. The summed E-state index contributed by atoms with van der Waals surface area (Å²) in [5.41, 5.74) is 2.15. The Morgan fingerprint density at radius 3 is 2.52 bits per heavy atom. The number of ether oxygens (including phenoxy) is 1. The molecular formula is C18H27IN4O2. The molecular weight excluding hydrogens is 431 g/mol. The van der Waals surface area contributed by atoms with Gasteiger partial charge in [-0.3, -0.25) is 4.99 Å². The van der Waals surface area contributed by atoms with Gasteiger partial charge in [-0.15, -0.1) is 24.0 Å². The van der Waals surface area contributed by atoms with Crippen LogP contribution in [0.2, 0.25) is 0 Å². The van der Waals surface area contributed by atoms with Crippen LogP contribution in [-0.4, -0.2) is 37.2 Å². The summed E-state index contributed by atoms with van der Waals surface area (Å²) in [7, 11) is 5.44. The Kier molecular flexibility index (Phi) is 8.74. The van der Waals surface area contributed by atoms with E-state index in [1.807, 2.05) is 37.4 Å². The molecule has 0 aliphatic heterocycles. The van der Waals surface area contributed by atoms with Crippen LogP contribution in [0.15, 0.2) is 39.8 Å². The van der Waals surface area contributed by atoms with Crippen molar-refractivity contribution in [3.05, 3.63) is 47.3 Å². The van der Waals surface area contributed by atoms with Gasteiger partial charge in [0.25, 0.3) is 0 Å². The number of aliphatic imine (C=N–C) groups is 1. The summed E-state index contributed by atoms with van der Waals surface area (Å²) >= 11 is 0. The molecule has 1 heterocycles. The highest BCUT2D eigenvalue weighted by molar-refractivity contribution is 14.0. The van der Waals surface area contributed by atoms with E-state index < -0.39 is 0 Å². The third-order valence-electron chi connectivity index (χ3n) is 3.74. The van der Waals surface area contributed by atoms with E-state index in [9.17, 15) is 0 Å². The number of hydrogen-bond donors (Lipinski definition) is 1. The summed E-state index contributed by atoms with van der Waals surface area (Å²) in [6.07, 6.45) is 0. The fourth-order valence-electron chi connectivity index (χ4n) is 2.31. The Labute approximate surface area is 166 Å². The number of methoxy groups -OCH3 is 1. The fourth-order valence-corrected chi connectivity index (χ4v) is 2.31. The molecule has 0 aliphatic rings. The first-order valence-electron chi connectivity index (χ1n) is 8.03. The summed E-state index contributed by atoms with van der Waals surface area (Å²) in [4.78, 5) is 6.38. The molecule has 0 aliphatic carbocycles. The molecule has 0 saturated carbocycles. The van der Waals surface area contributed by atoms with E-state index >= 15 is 0 Å².